The third-order valence-corrected chi connectivity index (χ3v) is 5.32. The summed E-state index contributed by atoms with van der Waals surface area (Å²) in [4.78, 5) is 3.96. The lowest BCUT2D eigenvalue weighted by Gasteiger charge is -2.09. The average molecular weight is 327 g/mol. The van der Waals surface area contributed by atoms with Crippen molar-refractivity contribution in [3.63, 3.8) is 0 Å². The topological polar surface area (TPSA) is 47.0 Å². The van der Waals surface area contributed by atoms with E-state index in [2.05, 4.69) is 20.9 Å². The van der Waals surface area contributed by atoms with Crippen LogP contribution in [0.5, 0.6) is 0 Å². The van der Waals surface area contributed by atoms with Gasteiger partial charge in [0.1, 0.15) is 0 Å². The van der Waals surface area contributed by atoms with E-state index in [0.717, 1.165) is 5.56 Å². The van der Waals surface area contributed by atoms with Crippen molar-refractivity contribution in [3.05, 3.63) is 22.3 Å². The van der Waals surface area contributed by atoms with Crippen LogP contribution in [-0.4, -0.2) is 25.0 Å². The van der Waals surface area contributed by atoms with E-state index in [1.807, 2.05) is 6.92 Å². The molecule has 0 aliphatic rings. The van der Waals surface area contributed by atoms with Crippen molar-refractivity contribution in [3.8, 4) is 0 Å². The van der Waals surface area contributed by atoms with Gasteiger partial charge in [-0.3, -0.25) is 0 Å². The Morgan fingerprint density at radius 3 is 2.69 bits per heavy atom. The Balaban J connectivity index is 3.08. The average Bonchev–Trinajstić information content (AvgIpc) is 2.16. The molecular weight excluding hydrogens is 314 g/mol. The second-order valence-electron chi connectivity index (χ2n) is 3.84. The predicted octanol–water partition coefficient (Wildman–Crippen LogP) is 2.80. The molecule has 0 aliphatic carbocycles. The summed E-state index contributed by atoms with van der Waals surface area (Å²) in [6.07, 6.45) is 1.54. The fourth-order valence-electron chi connectivity index (χ4n) is 1.25. The summed E-state index contributed by atoms with van der Waals surface area (Å²) >= 11 is 8.83. The highest BCUT2D eigenvalue weighted by Gasteiger charge is 2.22. The number of nitrogens with zero attached hydrogens (tertiary/aromatic N) is 1. The lowest BCUT2D eigenvalue weighted by atomic mass is 10.3. The maximum absolute atomic E-state index is 12.0. The molecule has 1 heterocycles. The number of rotatable bonds is 4. The highest BCUT2D eigenvalue weighted by atomic mass is 79.9. The van der Waals surface area contributed by atoms with Crippen LogP contribution in [0.25, 0.3) is 0 Å². The minimum atomic E-state index is -3.36. The van der Waals surface area contributed by atoms with E-state index >= 15 is 0 Å². The van der Waals surface area contributed by atoms with Crippen molar-refractivity contribution in [2.75, 3.05) is 11.6 Å². The molecule has 1 atom stereocenters. The minimum Gasteiger partial charge on any atom is -0.243 e. The van der Waals surface area contributed by atoms with Crippen molar-refractivity contribution >= 4 is 37.4 Å². The van der Waals surface area contributed by atoms with Gasteiger partial charge in [-0.05, 0) is 40.4 Å². The Bertz CT molecular complexity index is 476. The van der Waals surface area contributed by atoms with Crippen LogP contribution in [-0.2, 0) is 9.84 Å². The van der Waals surface area contributed by atoms with Crippen molar-refractivity contribution in [1.29, 1.82) is 0 Å². The summed E-state index contributed by atoms with van der Waals surface area (Å²) < 4.78 is 24.5. The summed E-state index contributed by atoms with van der Waals surface area (Å²) in [5, 5.41) is 0.0927. The molecule has 1 aromatic heterocycles. The predicted molar refractivity (Wildman–Crippen MR) is 68.6 cm³/mol. The number of sulfone groups is 1. The molecule has 0 bridgehead atoms. The normalized spacial score (nSPS) is 13.8. The van der Waals surface area contributed by atoms with Crippen molar-refractivity contribution in [2.45, 2.75) is 18.9 Å². The lowest BCUT2D eigenvalue weighted by molar-refractivity contribution is 0.578. The first kappa shape index (κ1) is 13.9. The van der Waals surface area contributed by atoms with Gasteiger partial charge < -0.3 is 0 Å². The first-order valence-corrected chi connectivity index (χ1v) is 7.75. The molecular formula is C10H13BrClNO2S. The van der Waals surface area contributed by atoms with E-state index in [9.17, 15) is 8.42 Å². The Kier molecular flexibility index (Phi) is 4.76. The number of halogens is 2. The Morgan fingerprint density at radius 2 is 2.19 bits per heavy atom. The van der Waals surface area contributed by atoms with Crippen LogP contribution in [0.15, 0.2) is 21.8 Å². The zero-order valence-corrected chi connectivity index (χ0v) is 12.2. The van der Waals surface area contributed by atoms with Crippen molar-refractivity contribution < 1.29 is 8.42 Å². The van der Waals surface area contributed by atoms with Gasteiger partial charge in [-0.2, -0.15) is 0 Å². The summed E-state index contributed by atoms with van der Waals surface area (Å²) in [6.45, 7) is 3.65. The molecule has 0 spiro atoms. The third kappa shape index (κ3) is 3.43. The van der Waals surface area contributed by atoms with E-state index in [0.29, 0.717) is 10.4 Å². The van der Waals surface area contributed by atoms with Gasteiger partial charge in [0, 0.05) is 12.1 Å². The third-order valence-electron chi connectivity index (χ3n) is 2.01. The number of aromatic nitrogens is 1. The number of hydrogen-bond donors (Lipinski definition) is 0. The highest BCUT2D eigenvalue weighted by molar-refractivity contribution is 9.10. The lowest BCUT2D eigenvalue weighted by Crippen LogP contribution is -2.16. The minimum absolute atomic E-state index is 0.0190. The maximum Gasteiger partial charge on any atom is 0.197 e. The van der Waals surface area contributed by atoms with Gasteiger partial charge in [0.2, 0.25) is 0 Å². The molecule has 1 rings (SSSR count). The van der Waals surface area contributed by atoms with Crippen LogP contribution < -0.4 is 0 Å². The summed E-state index contributed by atoms with van der Waals surface area (Å²) in [5.41, 5.74) is 0.913. The molecule has 0 radical (unpaired) electrons. The van der Waals surface area contributed by atoms with Crippen LogP contribution in [0.1, 0.15) is 12.5 Å². The molecule has 16 heavy (non-hydrogen) atoms. The van der Waals surface area contributed by atoms with E-state index in [-0.39, 0.29) is 16.7 Å². The number of hydrogen-bond acceptors (Lipinski definition) is 3. The quantitative estimate of drug-likeness (QED) is 0.799. The zero-order valence-electron chi connectivity index (χ0n) is 9.07. The van der Waals surface area contributed by atoms with Crippen LogP contribution in [0.3, 0.4) is 0 Å². The molecule has 0 saturated carbocycles. The summed E-state index contributed by atoms with van der Waals surface area (Å²) in [6, 6.07) is 1.74. The smallest absolute Gasteiger partial charge is 0.197 e. The van der Waals surface area contributed by atoms with E-state index in [4.69, 9.17) is 11.6 Å². The van der Waals surface area contributed by atoms with Gasteiger partial charge in [0.05, 0.1) is 10.2 Å². The standard InChI is InChI=1S/C10H13BrClNO2S/c1-7-3-9(11)10(13-5-7)16(14,15)6-8(2)4-12/h3,5,8H,4,6H2,1-2H3. The van der Waals surface area contributed by atoms with Crippen LogP contribution in [0, 0.1) is 12.8 Å². The highest BCUT2D eigenvalue weighted by Crippen LogP contribution is 2.23. The molecule has 0 amide bonds. The summed E-state index contributed by atoms with van der Waals surface area (Å²) in [5.74, 6) is 0.259. The van der Waals surface area contributed by atoms with Gasteiger partial charge in [0.15, 0.2) is 14.9 Å². The fraction of sp³-hybridized carbons (Fsp3) is 0.500. The Morgan fingerprint density at radius 1 is 1.56 bits per heavy atom. The van der Waals surface area contributed by atoms with E-state index < -0.39 is 9.84 Å². The second-order valence-corrected chi connectivity index (χ2v) is 6.95. The molecule has 0 aromatic carbocycles. The molecule has 1 aromatic rings. The van der Waals surface area contributed by atoms with Crippen LogP contribution in [0.2, 0.25) is 0 Å². The monoisotopic (exact) mass is 325 g/mol. The van der Waals surface area contributed by atoms with Crippen LogP contribution >= 0.6 is 27.5 Å². The maximum atomic E-state index is 12.0. The zero-order chi connectivity index (χ0) is 12.3. The molecule has 0 fully saturated rings. The summed E-state index contributed by atoms with van der Waals surface area (Å²) in [7, 11) is -3.36. The SMILES string of the molecule is Cc1cnc(S(=O)(=O)CC(C)CCl)c(Br)c1. The van der Waals surface area contributed by atoms with E-state index in [1.54, 1.807) is 19.2 Å². The molecule has 6 heteroatoms. The largest absolute Gasteiger partial charge is 0.243 e. The number of aryl methyl sites for hydroxylation is 1. The molecule has 1 unspecified atom stereocenters. The Hall–Kier alpha value is -0.130. The Labute approximate surface area is 109 Å². The van der Waals surface area contributed by atoms with Gasteiger partial charge in [-0.15, -0.1) is 11.6 Å². The molecule has 0 saturated heterocycles. The van der Waals surface area contributed by atoms with Gasteiger partial charge >= 0.3 is 0 Å². The van der Waals surface area contributed by atoms with E-state index in [1.165, 1.54) is 0 Å². The van der Waals surface area contributed by atoms with Crippen molar-refractivity contribution in [2.24, 2.45) is 5.92 Å². The number of alkyl halides is 1. The van der Waals surface area contributed by atoms with Crippen molar-refractivity contribution in [1.82, 2.24) is 4.98 Å². The van der Waals surface area contributed by atoms with Gasteiger partial charge in [-0.1, -0.05) is 6.92 Å². The van der Waals surface area contributed by atoms with Crippen LogP contribution in [0.4, 0.5) is 0 Å². The molecule has 3 nitrogen and oxygen atoms in total. The first-order chi connectivity index (χ1) is 7.36. The molecule has 0 aliphatic heterocycles. The second kappa shape index (κ2) is 5.47. The first-order valence-electron chi connectivity index (χ1n) is 4.77. The molecule has 0 N–H and O–H groups in total. The fourth-order valence-corrected chi connectivity index (χ4v) is 4.28. The van der Waals surface area contributed by atoms with Gasteiger partial charge in [-0.25, -0.2) is 13.4 Å². The number of pyridine rings is 1. The molecule has 90 valence electrons. The van der Waals surface area contributed by atoms with Gasteiger partial charge in [0.25, 0.3) is 0 Å².